The van der Waals surface area contributed by atoms with Crippen LogP contribution in [0.2, 0.25) is 10.0 Å². The van der Waals surface area contributed by atoms with Gasteiger partial charge in [0.2, 0.25) is 0 Å². The SMILES string of the molecule is CCOC(=O)CNCc1c(N)ccc(Cl)c1Cl. The molecular weight excluding hydrogens is 263 g/mol. The molecule has 0 unspecified atom stereocenters. The summed E-state index contributed by atoms with van der Waals surface area (Å²) in [6.45, 7) is 2.59. The summed E-state index contributed by atoms with van der Waals surface area (Å²) in [6, 6.07) is 3.31. The van der Waals surface area contributed by atoms with Gasteiger partial charge in [0, 0.05) is 17.8 Å². The van der Waals surface area contributed by atoms with E-state index in [-0.39, 0.29) is 12.5 Å². The highest BCUT2D eigenvalue weighted by atomic mass is 35.5. The summed E-state index contributed by atoms with van der Waals surface area (Å²) in [4.78, 5) is 11.1. The van der Waals surface area contributed by atoms with Gasteiger partial charge in [-0.1, -0.05) is 23.2 Å². The van der Waals surface area contributed by atoms with Gasteiger partial charge in [0.05, 0.1) is 23.2 Å². The summed E-state index contributed by atoms with van der Waals surface area (Å²) in [6.07, 6.45) is 0. The monoisotopic (exact) mass is 276 g/mol. The highest BCUT2D eigenvalue weighted by molar-refractivity contribution is 6.42. The number of esters is 1. The molecule has 0 heterocycles. The van der Waals surface area contributed by atoms with Crippen molar-refractivity contribution in [3.63, 3.8) is 0 Å². The van der Waals surface area contributed by atoms with Crippen LogP contribution in [0.4, 0.5) is 5.69 Å². The fourth-order valence-electron chi connectivity index (χ4n) is 1.29. The molecule has 0 saturated heterocycles. The second-order valence-corrected chi connectivity index (χ2v) is 4.12. The molecule has 17 heavy (non-hydrogen) atoms. The maximum absolute atomic E-state index is 11.1. The van der Waals surface area contributed by atoms with Crippen LogP contribution in [-0.4, -0.2) is 19.1 Å². The first kappa shape index (κ1) is 14.1. The Morgan fingerprint density at radius 3 is 2.82 bits per heavy atom. The molecule has 0 aromatic heterocycles. The number of hydrogen-bond acceptors (Lipinski definition) is 4. The van der Waals surface area contributed by atoms with Crippen molar-refractivity contribution in [1.29, 1.82) is 0 Å². The van der Waals surface area contributed by atoms with Gasteiger partial charge in [0.15, 0.2) is 0 Å². The Morgan fingerprint density at radius 1 is 1.47 bits per heavy atom. The van der Waals surface area contributed by atoms with Crippen LogP contribution in [0.5, 0.6) is 0 Å². The number of benzene rings is 1. The Balaban J connectivity index is 2.58. The number of nitrogens with two attached hydrogens (primary N) is 1. The molecule has 0 spiro atoms. The van der Waals surface area contributed by atoms with Crippen LogP contribution in [0.3, 0.4) is 0 Å². The van der Waals surface area contributed by atoms with Gasteiger partial charge in [0.1, 0.15) is 0 Å². The predicted octanol–water partition coefficient (Wildman–Crippen LogP) is 2.23. The van der Waals surface area contributed by atoms with Crippen LogP contribution in [0, 0.1) is 0 Å². The third-order valence-corrected chi connectivity index (χ3v) is 2.95. The van der Waals surface area contributed by atoms with Crippen molar-refractivity contribution in [2.45, 2.75) is 13.5 Å². The minimum absolute atomic E-state index is 0.107. The number of nitrogens with one attached hydrogen (secondary N) is 1. The van der Waals surface area contributed by atoms with Gasteiger partial charge in [-0.3, -0.25) is 4.79 Å². The molecule has 0 radical (unpaired) electrons. The average Bonchev–Trinajstić information content (AvgIpc) is 2.29. The number of halogens is 2. The fraction of sp³-hybridized carbons (Fsp3) is 0.364. The van der Waals surface area contributed by atoms with Crippen LogP contribution in [0.15, 0.2) is 12.1 Å². The minimum atomic E-state index is -0.316. The molecule has 0 atom stereocenters. The van der Waals surface area contributed by atoms with Crippen LogP contribution in [0.25, 0.3) is 0 Å². The lowest BCUT2D eigenvalue weighted by Crippen LogP contribution is -2.24. The van der Waals surface area contributed by atoms with E-state index in [0.717, 1.165) is 0 Å². The summed E-state index contributed by atoms with van der Waals surface area (Å²) in [7, 11) is 0. The Hall–Kier alpha value is -0.970. The summed E-state index contributed by atoms with van der Waals surface area (Å²) in [5, 5.41) is 3.74. The largest absolute Gasteiger partial charge is 0.465 e. The first-order valence-corrected chi connectivity index (χ1v) is 5.90. The maximum atomic E-state index is 11.1. The number of anilines is 1. The van der Waals surface area contributed by atoms with Crippen LogP contribution < -0.4 is 11.1 Å². The zero-order valence-corrected chi connectivity index (χ0v) is 10.9. The third-order valence-electron chi connectivity index (χ3n) is 2.11. The molecule has 0 aliphatic rings. The van der Waals surface area contributed by atoms with Gasteiger partial charge >= 0.3 is 5.97 Å². The topological polar surface area (TPSA) is 64.3 Å². The van der Waals surface area contributed by atoms with Crippen LogP contribution in [-0.2, 0) is 16.1 Å². The van der Waals surface area contributed by atoms with E-state index >= 15 is 0 Å². The first-order valence-electron chi connectivity index (χ1n) is 5.15. The van der Waals surface area contributed by atoms with Crippen molar-refractivity contribution >= 4 is 34.9 Å². The van der Waals surface area contributed by atoms with Crippen molar-refractivity contribution < 1.29 is 9.53 Å². The van der Waals surface area contributed by atoms with Crippen molar-refractivity contribution in [3.8, 4) is 0 Å². The van der Waals surface area contributed by atoms with E-state index in [2.05, 4.69) is 5.32 Å². The second-order valence-electron chi connectivity index (χ2n) is 3.34. The van der Waals surface area contributed by atoms with E-state index in [4.69, 9.17) is 33.7 Å². The number of rotatable bonds is 5. The smallest absolute Gasteiger partial charge is 0.319 e. The Kier molecular flexibility index (Phi) is 5.55. The molecule has 0 bridgehead atoms. The standard InChI is InChI=1S/C11H14Cl2N2O2/c1-2-17-10(16)6-15-5-7-9(14)4-3-8(12)11(7)13/h3-4,15H,2,5-6,14H2,1H3. The Labute approximate surface area is 110 Å². The van der Waals surface area contributed by atoms with Gasteiger partial charge < -0.3 is 15.8 Å². The molecule has 1 aromatic carbocycles. The van der Waals surface area contributed by atoms with Gasteiger partial charge in [-0.2, -0.15) is 0 Å². The van der Waals surface area contributed by atoms with Crippen molar-refractivity contribution in [1.82, 2.24) is 5.32 Å². The van der Waals surface area contributed by atoms with Gasteiger partial charge in [-0.25, -0.2) is 0 Å². The van der Waals surface area contributed by atoms with Crippen molar-refractivity contribution in [3.05, 3.63) is 27.7 Å². The summed E-state index contributed by atoms with van der Waals surface area (Å²) in [5.41, 5.74) is 6.99. The lowest BCUT2D eigenvalue weighted by atomic mass is 10.2. The van der Waals surface area contributed by atoms with E-state index in [1.165, 1.54) is 0 Å². The number of carbonyl (C=O) groups is 1. The third kappa shape index (κ3) is 4.07. The average molecular weight is 277 g/mol. The highest BCUT2D eigenvalue weighted by Gasteiger charge is 2.09. The van der Waals surface area contributed by atoms with E-state index < -0.39 is 0 Å². The maximum Gasteiger partial charge on any atom is 0.319 e. The molecule has 1 rings (SSSR count). The molecule has 3 N–H and O–H groups in total. The van der Waals surface area contributed by atoms with Crippen LogP contribution in [0.1, 0.15) is 12.5 Å². The lowest BCUT2D eigenvalue weighted by molar-refractivity contribution is -0.142. The number of carbonyl (C=O) groups excluding carboxylic acids is 1. The number of hydrogen-bond donors (Lipinski definition) is 2. The van der Waals surface area contributed by atoms with Gasteiger partial charge in [-0.15, -0.1) is 0 Å². The Morgan fingerprint density at radius 2 is 2.18 bits per heavy atom. The van der Waals surface area contributed by atoms with E-state index in [9.17, 15) is 4.79 Å². The molecular formula is C11H14Cl2N2O2. The zero-order valence-electron chi connectivity index (χ0n) is 9.43. The molecule has 0 fully saturated rings. The summed E-state index contributed by atoms with van der Waals surface area (Å²) >= 11 is 11.9. The molecule has 0 aliphatic heterocycles. The first-order chi connectivity index (χ1) is 8.06. The summed E-state index contributed by atoms with van der Waals surface area (Å²) in [5.74, 6) is -0.316. The van der Waals surface area contributed by atoms with E-state index in [1.807, 2.05) is 0 Å². The molecule has 0 amide bonds. The second kappa shape index (κ2) is 6.69. The fourth-order valence-corrected chi connectivity index (χ4v) is 1.70. The molecule has 1 aromatic rings. The lowest BCUT2D eigenvalue weighted by Gasteiger charge is -2.10. The molecule has 4 nitrogen and oxygen atoms in total. The number of ether oxygens (including phenoxy) is 1. The quantitative estimate of drug-likeness (QED) is 0.640. The van der Waals surface area contributed by atoms with E-state index in [0.29, 0.717) is 34.4 Å². The van der Waals surface area contributed by atoms with Crippen molar-refractivity contribution in [2.75, 3.05) is 18.9 Å². The van der Waals surface area contributed by atoms with Crippen molar-refractivity contribution in [2.24, 2.45) is 0 Å². The highest BCUT2D eigenvalue weighted by Crippen LogP contribution is 2.29. The van der Waals surface area contributed by atoms with Gasteiger partial charge in [-0.05, 0) is 19.1 Å². The zero-order chi connectivity index (χ0) is 12.8. The molecule has 0 aliphatic carbocycles. The van der Waals surface area contributed by atoms with Gasteiger partial charge in [0.25, 0.3) is 0 Å². The Bertz CT molecular complexity index is 411. The van der Waals surface area contributed by atoms with Crippen LogP contribution >= 0.6 is 23.2 Å². The molecule has 6 heteroatoms. The van der Waals surface area contributed by atoms with E-state index in [1.54, 1.807) is 19.1 Å². The summed E-state index contributed by atoms with van der Waals surface area (Å²) < 4.78 is 4.77. The molecule has 94 valence electrons. The minimum Gasteiger partial charge on any atom is -0.465 e. The molecule has 0 saturated carbocycles. The normalized spacial score (nSPS) is 10.3. The predicted molar refractivity (Wildman–Crippen MR) is 69.2 cm³/mol. The number of nitrogen functional groups attached to an aromatic ring is 1.